The molecule has 1 aliphatic carbocycles. The number of pyridine rings is 1. The van der Waals surface area contributed by atoms with Gasteiger partial charge in [-0.05, 0) is 100 Å². The molecule has 1 unspecified atom stereocenters. The SMILES string of the molecule is CC(=[OH+])C=C(C)O.CCCCCCc1cc(CCCCCC)cc(C2(C)c3ccccc3-c3c[c-]c(-c4ncc(-c5nc(-c6ccc(C(C)(C)C)cc6)nc(-c6ccc(C(C)(C)C)cc6)n5)c5ccccc45)cc32)c1.[Ir]. The topological polar surface area (TPSA) is 93.2 Å². The summed E-state index contributed by atoms with van der Waals surface area (Å²) in [6.45, 7) is 23.5. The van der Waals surface area contributed by atoms with Crippen LogP contribution in [0.5, 0.6) is 0 Å². The Bertz CT molecular complexity index is 3210. The van der Waals surface area contributed by atoms with Crippen molar-refractivity contribution in [2.24, 2.45) is 0 Å². The van der Waals surface area contributed by atoms with Crippen molar-refractivity contribution in [2.45, 2.75) is 157 Å². The van der Waals surface area contributed by atoms with Crippen molar-refractivity contribution in [3.8, 4) is 56.5 Å². The number of carbonyl (C=O) groups excluding carboxylic acids is 1. The maximum atomic E-state index is 8.40. The first-order chi connectivity index (χ1) is 35.9. The first kappa shape index (κ1) is 57.3. The summed E-state index contributed by atoms with van der Waals surface area (Å²) in [6.07, 6.45) is 15.6. The molecule has 0 saturated heterocycles. The van der Waals surface area contributed by atoms with Crippen LogP contribution in [0.15, 0.2) is 145 Å². The molecule has 0 bridgehead atoms. The van der Waals surface area contributed by atoms with E-state index < -0.39 is 0 Å². The molecule has 395 valence electrons. The predicted octanol–water partition coefficient (Wildman–Crippen LogP) is 18.1. The molecule has 0 spiro atoms. The minimum Gasteiger partial charge on any atom is -0.512 e. The van der Waals surface area contributed by atoms with Gasteiger partial charge in [0.2, 0.25) is 0 Å². The van der Waals surface area contributed by atoms with Gasteiger partial charge in [0.05, 0.1) is 18.8 Å². The zero-order valence-corrected chi connectivity index (χ0v) is 49.3. The third kappa shape index (κ3) is 13.0. The smallest absolute Gasteiger partial charge is 0.316 e. The zero-order valence-electron chi connectivity index (χ0n) is 46.9. The van der Waals surface area contributed by atoms with Crippen molar-refractivity contribution in [2.75, 3.05) is 0 Å². The van der Waals surface area contributed by atoms with Gasteiger partial charge in [-0.3, -0.25) is 4.79 Å². The number of benzene rings is 6. The maximum Gasteiger partial charge on any atom is 0.316 e. The van der Waals surface area contributed by atoms with Crippen molar-refractivity contribution in [3.63, 3.8) is 0 Å². The summed E-state index contributed by atoms with van der Waals surface area (Å²) in [7, 11) is 0. The van der Waals surface area contributed by atoms with Crippen molar-refractivity contribution in [3.05, 3.63) is 190 Å². The minimum absolute atomic E-state index is 0. The summed E-state index contributed by atoms with van der Waals surface area (Å²) in [5, 5.41) is 10.5. The molecule has 2 heterocycles. The summed E-state index contributed by atoms with van der Waals surface area (Å²) in [6, 6.07) is 50.9. The number of nitrogens with zero attached hydrogens (tertiary/aromatic N) is 4. The van der Waals surface area contributed by atoms with E-state index in [4.69, 9.17) is 29.8 Å². The Labute approximate surface area is 467 Å². The molecule has 9 rings (SSSR count). The van der Waals surface area contributed by atoms with Gasteiger partial charge in [-0.25, -0.2) is 15.0 Å². The molecule has 0 fully saturated rings. The monoisotopic (exact) mass is 1190 g/mol. The van der Waals surface area contributed by atoms with E-state index in [1.54, 1.807) is 0 Å². The van der Waals surface area contributed by atoms with E-state index in [9.17, 15) is 0 Å². The minimum atomic E-state index is -0.350. The zero-order chi connectivity index (χ0) is 53.5. The number of hydrogen-bond acceptors (Lipinski definition) is 5. The van der Waals surface area contributed by atoms with Crippen LogP contribution in [-0.2, 0) is 49.2 Å². The van der Waals surface area contributed by atoms with E-state index in [0.717, 1.165) is 51.6 Å². The molecule has 2 aromatic heterocycles. The first-order valence-corrected chi connectivity index (χ1v) is 27.4. The second-order valence-corrected chi connectivity index (χ2v) is 23.0. The second-order valence-electron chi connectivity index (χ2n) is 23.0. The van der Waals surface area contributed by atoms with Crippen LogP contribution in [0.3, 0.4) is 0 Å². The number of unbranched alkanes of at least 4 members (excludes halogenated alkanes) is 6. The number of aryl methyl sites for hydroxylation is 2. The van der Waals surface area contributed by atoms with E-state index >= 15 is 0 Å². The molecule has 1 atom stereocenters. The summed E-state index contributed by atoms with van der Waals surface area (Å²) < 4.78 is 0. The fourth-order valence-corrected chi connectivity index (χ4v) is 10.6. The molecule has 1 radical (unpaired) electrons. The molecule has 8 aromatic rings. The molecule has 6 nitrogen and oxygen atoms in total. The van der Waals surface area contributed by atoms with Crippen molar-refractivity contribution in [1.82, 2.24) is 19.9 Å². The van der Waals surface area contributed by atoms with Gasteiger partial charge in [-0.2, -0.15) is 0 Å². The van der Waals surface area contributed by atoms with Gasteiger partial charge in [-0.15, -0.1) is 29.3 Å². The van der Waals surface area contributed by atoms with Crippen LogP contribution in [0.2, 0.25) is 0 Å². The van der Waals surface area contributed by atoms with Crippen LogP contribution in [0.25, 0.3) is 67.3 Å². The van der Waals surface area contributed by atoms with E-state index in [1.807, 2.05) is 6.20 Å². The molecule has 1 aliphatic rings. The molecule has 0 aliphatic heterocycles. The van der Waals surface area contributed by atoms with E-state index in [1.165, 1.54) is 121 Å². The summed E-state index contributed by atoms with van der Waals surface area (Å²) in [5.74, 6) is 2.12. The van der Waals surface area contributed by atoms with Crippen LogP contribution < -0.4 is 0 Å². The third-order valence-electron chi connectivity index (χ3n) is 14.9. The largest absolute Gasteiger partial charge is 0.512 e. The number of aromatic nitrogens is 4. The Kier molecular flexibility index (Phi) is 18.6. The Morgan fingerprint density at radius 2 is 1.11 bits per heavy atom. The standard InChI is InChI=1S/C64H69N4.C5H8O2.Ir/c1-10-12-14-16-22-43-38-44(23-17-15-13-11-2)40-50(39-43)64(9)56-27-21-20-25-52(56)53-37-32-47(41-57(53)64)58-54-26-19-18-24-51(54)55(42-65-58)61-67-59(45-28-33-48(34-29-45)62(3,4)5)66-60(68-61)46-30-35-49(36-31-46)63(6,7)8;1-4(6)3-5(2)7;/h18-21,24-31,33-42H,10-17,22-23H2,1-9H3;3,6H,1-2H3;/q-1;;/p+1. The molecular weight excluding hydrogens is 1110 g/mol. The normalized spacial score (nSPS) is 14.1. The van der Waals surface area contributed by atoms with Crippen molar-refractivity contribution >= 4 is 16.6 Å². The van der Waals surface area contributed by atoms with Gasteiger partial charge in [0.15, 0.2) is 17.5 Å². The Hall–Kier alpha value is -6.40. The first-order valence-electron chi connectivity index (χ1n) is 27.4. The van der Waals surface area contributed by atoms with Crippen LogP contribution in [0.1, 0.15) is 166 Å². The molecule has 0 saturated carbocycles. The van der Waals surface area contributed by atoms with Gasteiger partial charge >= 0.3 is 5.78 Å². The molecular formula is C69H78IrN4O2. The van der Waals surface area contributed by atoms with Crippen LogP contribution >= 0.6 is 0 Å². The summed E-state index contributed by atoms with van der Waals surface area (Å²) >= 11 is 0. The Morgan fingerprint density at radius 1 is 0.592 bits per heavy atom. The van der Waals surface area contributed by atoms with E-state index in [2.05, 4.69) is 196 Å². The predicted molar refractivity (Wildman–Crippen MR) is 315 cm³/mol. The number of hydrogen-bond donors (Lipinski definition) is 1. The number of aliphatic hydroxyl groups is 1. The summed E-state index contributed by atoms with van der Waals surface area (Å²) in [4.78, 5) is 29.3. The number of fused-ring (bicyclic) bond motifs is 4. The quantitative estimate of drug-likeness (QED) is 0.0342. The molecule has 6 aromatic carbocycles. The number of rotatable bonds is 16. The van der Waals surface area contributed by atoms with E-state index in [-0.39, 0.29) is 47.9 Å². The van der Waals surface area contributed by atoms with Gasteiger partial charge < -0.3 is 10.1 Å². The average molecular weight is 1190 g/mol. The fourth-order valence-electron chi connectivity index (χ4n) is 10.6. The van der Waals surface area contributed by atoms with Crippen molar-refractivity contribution in [1.29, 1.82) is 0 Å². The number of ketones is 1. The number of aliphatic hydroxyl groups excluding tert-OH is 1. The maximum absolute atomic E-state index is 8.40. The van der Waals surface area contributed by atoms with Gasteiger partial charge in [0.1, 0.15) is 0 Å². The molecule has 7 heteroatoms. The van der Waals surface area contributed by atoms with Crippen LogP contribution in [0, 0.1) is 6.07 Å². The van der Waals surface area contributed by atoms with E-state index in [0.29, 0.717) is 17.5 Å². The average Bonchev–Trinajstić information content (AvgIpc) is 3.73. The Balaban J connectivity index is 0.000000983. The number of allylic oxidation sites excluding steroid dienone is 2. The van der Waals surface area contributed by atoms with Gasteiger partial charge in [0.25, 0.3) is 0 Å². The molecule has 0 amide bonds. The fraction of sp³-hybridized carbons (Fsp3) is 0.348. The third-order valence-corrected chi connectivity index (χ3v) is 14.9. The second kappa shape index (κ2) is 24.7. The summed E-state index contributed by atoms with van der Waals surface area (Å²) in [5.41, 5.74) is 16.4. The van der Waals surface area contributed by atoms with Crippen molar-refractivity contribution < 1.29 is 30.0 Å². The Morgan fingerprint density at radius 3 is 1.61 bits per heavy atom. The van der Waals surface area contributed by atoms with Crippen LogP contribution in [-0.4, -0.2) is 35.6 Å². The van der Waals surface area contributed by atoms with Crippen LogP contribution in [0.4, 0.5) is 0 Å². The van der Waals surface area contributed by atoms with Gasteiger partial charge in [-0.1, -0.05) is 220 Å². The molecule has 2 N–H and O–H groups in total. The molecule has 76 heavy (non-hydrogen) atoms. The van der Waals surface area contributed by atoms with Gasteiger partial charge in [0, 0.05) is 48.4 Å².